The Labute approximate surface area is 182 Å². The van der Waals surface area contributed by atoms with E-state index in [-0.39, 0.29) is 22.0 Å². The molecule has 0 saturated heterocycles. The van der Waals surface area contributed by atoms with E-state index in [0.717, 1.165) is 4.88 Å². The Hall–Kier alpha value is -3.42. The number of nitrogens with zero attached hydrogens (tertiary/aromatic N) is 1. The summed E-state index contributed by atoms with van der Waals surface area (Å²) in [5.74, 6) is -1.05. The number of benzene rings is 2. The zero-order chi connectivity index (χ0) is 21.5. The van der Waals surface area contributed by atoms with E-state index < -0.39 is 11.8 Å². The highest BCUT2D eigenvalue weighted by Crippen LogP contribution is 2.19. The van der Waals surface area contributed by atoms with Gasteiger partial charge in [0, 0.05) is 10.4 Å². The average molecular weight is 440 g/mol. The molecule has 3 aromatic rings. The van der Waals surface area contributed by atoms with Gasteiger partial charge in [-0.15, -0.1) is 11.3 Å². The summed E-state index contributed by atoms with van der Waals surface area (Å²) in [6.45, 7) is 1.76. The highest BCUT2D eigenvalue weighted by Gasteiger charge is 2.16. The molecular formula is C22H18ClN3O3S. The second-order valence-electron chi connectivity index (χ2n) is 6.22. The van der Waals surface area contributed by atoms with E-state index in [9.17, 15) is 14.7 Å². The van der Waals surface area contributed by atoms with Gasteiger partial charge in [0.15, 0.2) is 0 Å². The van der Waals surface area contributed by atoms with Crippen molar-refractivity contribution in [2.75, 3.05) is 0 Å². The third-order valence-corrected chi connectivity index (χ3v) is 5.23. The number of hydrogen-bond donors (Lipinski definition) is 3. The first kappa shape index (κ1) is 21.3. The molecule has 6 nitrogen and oxygen atoms in total. The highest BCUT2D eigenvalue weighted by atomic mass is 35.5. The summed E-state index contributed by atoms with van der Waals surface area (Å²) in [6.07, 6.45) is 2.88. The van der Waals surface area contributed by atoms with Crippen molar-refractivity contribution in [1.82, 2.24) is 10.7 Å². The molecule has 30 heavy (non-hydrogen) atoms. The number of amides is 2. The Kier molecular flexibility index (Phi) is 7.00. The lowest BCUT2D eigenvalue weighted by Gasteiger charge is -2.09. The van der Waals surface area contributed by atoms with E-state index in [4.69, 9.17) is 11.6 Å². The van der Waals surface area contributed by atoms with E-state index in [1.165, 1.54) is 17.6 Å². The molecule has 0 radical (unpaired) electrons. The first-order valence-corrected chi connectivity index (χ1v) is 10.1. The highest BCUT2D eigenvalue weighted by molar-refractivity contribution is 7.10. The van der Waals surface area contributed by atoms with Crippen LogP contribution in [0.25, 0.3) is 6.08 Å². The summed E-state index contributed by atoms with van der Waals surface area (Å²) in [4.78, 5) is 26.0. The normalized spacial score (nSPS) is 11.5. The smallest absolute Gasteiger partial charge is 0.287 e. The van der Waals surface area contributed by atoms with Crippen molar-refractivity contribution >= 4 is 47.0 Å². The Balaban J connectivity index is 1.79. The minimum absolute atomic E-state index is 0.00739. The molecule has 2 amide bonds. The van der Waals surface area contributed by atoms with Gasteiger partial charge < -0.3 is 10.4 Å². The van der Waals surface area contributed by atoms with Crippen LogP contribution in [-0.4, -0.2) is 23.1 Å². The fraction of sp³-hybridized carbons (Fsp3) is 0.0455. The Morgan fingerprint density at radius 1 is 1.10 bits per heavy atom. The maximum Gasteiger partial charge on any atom is 0.287 e. The summed E-state index contributed by atoms with van der Waals surface area (Å²) in [6, 6.07) is 15.4. The summed E-state index contributed by atoms with van der Waals surface area (Å²) in [5, 5.41) is 18.6. The van der Waals surface area contributed by atoms with Gasteiger partial charge in [-0.3, -0.25) is 9.59 Å². The van der Waals surface area contributed by atoms with E-state index in [1.54, 1.807) is 55.5 Å². The van der Waals surface area contributed by atoms with Gasteiger partial charge in [0.25, 0.3) is 11.8 Å². The number of para-hydroxylation sites is 1. The van der Waals surface area contributed by atoms with Gasteiger partial charge in [0.05, 0.1) is 16.8 Å². The van der Waals surface area contributed by atoms with Crippen LogP contribution in [0.15, 0.2) is 70.8 Å². The number of aromatic hydroxyl groups is 1. The SMILES string of the molecule is Cc1cccc(/C=N/NC(=O)C(=Cc2cccs2)NC(=O)c2ccccc2Cl)c1O. The van der Waals surface area contributed by atoms with E-state index in [2.05, 4.69) is 15.8 Å². The van der Waals surface area contributed by atoms with Crippen molar-refractivity contribution in [1.29, 1.82) is 0 Å². The quantitative estimate of drug-likeness (QED) is 0.303. The van der Waals surface area contributed by atoms with Crippen LogP contribution < -0.4 is 10.7 Å². The van der Waals surface area contributed by atoms with Crippen LogP contribution in [0.4, 0.5) is 0 Å². The van der Waals surface area contributed by atoms with Crippen LogP contribution in [0, 0.1) is 6.92 Å². The fourth-order valence-electron chi connectivity index (χ4n) is 2.52. The van der Waals surface area contributed by atoms with E-state index in [1.807, 2.05) is 17.5 Å². The van der Waals surface area contributed by atoms with Crippen molar-refractivity contribution in [3.63, 3.8) is 0 Å². The topological polar surface area (TPSA) is 90.8 Å². The van der Waals surface area contributed by atoms with Gasteiger partial charge in [-0.25, -0.2) is 5.43 Å². The van der Waals surface area contributed by atoms with Crippen LogP contribution in [0.5, 0.6) is 5.75 Å². The molecule has 0 unspecified atom stereocenters. The predicted octanol–water partition coefficient (Wildman–Crippen LogP) is 4.34. The van der Waals surface area contributed by atoms with Crippen molar-refractivity contribution in [2.24, 2.45) is 5.10 Å². The standard InChI is InChI=1S/C22H18ClN3O3S/c1-14-6-4-7-15(20(14)27)13-24-26-22(29)19(12-16-8-5-11-30-16)25-21(28)17-9-2-3-10-18(17)23/h2-13,27H,1H3,(H,25,28)(H,26,29)/b19-12?,24-13+. The molecule has 2 aromatic carbocycles. The molecule has 3 rings (SSSR count). The first-order valence-electron chi connectivity index (χ1n) is 8.89. The average Bonchev–Trinajstić information content (AvgIpc) is 3.24. The number of phenols is 1. The second-order valence-corrected chi connectivity index (χ2v) is 7.61. The molecule has 0 saturated carbocycles. The largest absolute Gasteiger partial charge is 0.507 e. The molecule has 0 aliphatic carbocycles. The van der Waals surface area contributed by atoms with Crippen LogP contribution in [-0.2, 0) is 4.79 Å². The third-order valence-electron chi connectivity index (χ3n) is 4.08. The minimum Gasteiger partial charge on any atom is -0.507 e. The molecule has 1 aromatic heterocycles. The number of aryl methyl sites for hydroxylation is 1. The van der Waals surface area contributed by atoms with Crippen molar-refractivity contribution in [2.45, 2.75) is 6.92 Å². The van der Waals surface area contributed by atoms with Gasteiger partial charge in [0.2, 0.25) is 0 Å². The van der Waals surface area contributed by atoms with Crippen LogP contribution in [0.2, 0.25) is 5.02 Å². The van der Waals surface area contributed by atoms with Gasteiger partial charge in [-0.2, -0.15) is 5.10 Å². The zero-order valence-electron chi connectivity index (χ0n) is 15.9. The zero-order valence-corrected chi connectivity index (χ0v) is 17.5. The third kappa shape index (κ3) is 5.34. The van der Waals surface area contributed by atoms with Crippen LogP contribution in [0.3, 0.4) is 0 Å². The number of thiophene rings is 1. The fourth-order valence-corrected chi connectivity index (χ4v) is 3.39. The lowest BCUT2D eigenvalue weighted by Crippen LogP contribution is -2.33. The summed E-state index contributed by atoms with van der Waals surface area (Å²) < 4.78 is 0. The number of nitrogens with one attached hydrogen (secondary N) is 2. The van der Waals surface area contributed by atoms with Crippen LogP contribution in [0.1, 0.15) is 26.4 Å². The van der Waals surface area contributed by atoms with Crippen molar-refractivity contribution < 1.29 is 14.7 Å². The van der Waals surface area contributed by atoms with E-state index >= 15 is 0 Å². The first-order chi connectivity index (χ1) is 14.5. The summed E-state index contributed by atoms with van der Waals surface area (Å²) in [5.41, 5.74) is 3.77. The van der Waals surface area contributed by atoms with Crippen molar-refractivity contribution in [3.05, 3.63) is 92.3 Å². The summed E-state index contributed by atoms with van der Waals surface area (Å²) in [7, 11) is 0. The lowest BCUT2D eigenvalue weighted by molar-refractivity contribution is -0.117. The van der Waals surface area contributed by atoms with Gasteiger partial charge in [-0.05, 0) is 48.2 Å². The number of rotatable bonds is 6. The molecule has 0 aliphatic rings. The Morgan fingerprint density at radius 2 is 1.90 bits per heavy atom. The lowest BCUT2D eigenvalue weighted by atomic mass is 10.1. The predicted molar refractivity (Wildman–Crippen MR) is 120 cm³/mol. The second kappa shape index (κ2) is 9.87. The van der Waals surface area contributed by atoms with Crippen molar-refractivity contribution in [3.8, 4) is 5.75 Å². The maximum absolute atomic E-state index is 12.7. The molecule has 0 bridgehead atoms. The van der Waals surface area contributed by atoms with E-state index in [0.29, 0.717) is 11.1 Å². The Morgan fingerprint density at radius 3 is 2.63 bits per heavy atom. The van der Waals surface area contributed by atoms with Gasteiger partial charge in [0.1, 0.15) is 11.4 Å². The molecule has 0 aliphatic heterocycles. The molecule has 0 fully saturated rings. The molecule has 3 N–H and O–H groups in total. The summed E-state index contributed by atoms with van der Waals surface area (Å²) >= 11 is 7.49. The number of phenolic OH excluding ortho intramolecular Hbond substituents is 1. The molecule has 0 atom stereocenters. The maximum atomic E-state index is 12.7. The Bertz CT molecular complexity index is 1120. The number of carbonyl (C=O) groups is 2. The number of hydrogen-bond acceptors (Lipinski definition) is 5. The molecule has 152 valence electrons. The monoisotopic (exact) mass is 439 g/mol. The number of halogens is 1. The molecule has 1 heterocycles. The number of carbonyl (C=O) groups excluding carboxylic acids is 2. The molecule has 0 spiro atoms. The molecular weight excluding hydrogens is 422 g/mol. The minimum atomic E-state index is -0.618. The number of hydrazone groups is 1. The van der Waals surface area contributed by atoms with Gasteiger partial charge in [-0.1, -0.05) is 41.9 Å². The van der Waals surface area contributed by atoms with Crippen LogP contribution >= 0.6 is 22.9 Å². The molecule has 8 heteroatoms. The van der Waals surface area contributed by atoms with Gasteiger partial charge >= 0.3 is 0 Å².